The van der Waals surface area contributed by atoms with Crippen LogP contribution in [0.5, 0.6) is 0 Å². The number of nitrogens with zero attached hydrogens (tertiary/aromatic N) is 2. The minimum Gasteiger partial charge on any atom is -0.345 e. The molecule has 0 aliphatic heterocycles. The molecule has 2 rings (SSSR count). The zero-order chi connectivity index (χ0) is 14.7. The molecule has 0 spiro atoms. The second-order valence-corrected chi connectivity index (χ2v) is 5.65. The Morgan fingerprint density at radius 1 is 1.50 bits per heavy atom. The summed E-state index contributed by atoms with van der Waals surface area (Å²) in [5.41, 5.74) is 2.65. The Morgan fingerprint density at radius 2 is 2.25 bits per heavy atom. The molecule has 0 aliphatic rings. The second-order valence-electron chi connectivity index (χ2n) is 4.73. The van der Waals surface area contributed by atoms with Crippen LogP contribution in [0.4, 0.5) is 0 Å². The third-order valence-electron chi connectivity index (χ3n) is 3.21. The third kappa shape index (κ3) is 3.28. The summed E-state index contributed by atoms with van der Waals surface area (Å²) in [5, 5.41) is 7.41. The van der Waals surface area contributed by atoms with Gasteiger partial charge in [0.1, 0.15) is 0 Å². The highest BCUT2D eigenvalue weighted by Gasteiger charge is 2.15. The SMILES string of the molecule is CCn1cc(C(C)NC(=O)c2cccc(Br)c2)c(C)n1. The van der Waals surface area contributed by atoms with Crippen molar-refractivity contribution in [3.63, 3.8) is 0 Å². The highest BCUT2D eigenvalue weighted by molar-refractivity contribution is 9.10. The molecule has 2 aromatic rings. The molecule has 0 aliphatic carbocycles. The topological polar surface area (TPSA) is 46.9 Å². The lowest BCUT2D eigenvalue weighted by Gasteiger charge is -2.13. The number of aryl methyl sites for hydroxylation is 2. The Morgan fingerprint density at radius 3 is 2.85 bits per heavy atom. The fourth-order valence-electron chi connectivity index (χ4n) is 2.11. The molecule has 1 heterocycles. The van der Waals surface area contributed by atoms with Gasteiger partial charge in [-0.2, -0.15) is 5.10 Å². The minimum atomic E-state index is -0.0811. The molecule has 20 heavy (non-hydrogen) atoms. The van der Waals surface area contributed by atoms with Crippen molar-refractivity contribution in [1.82, 2.24) is 15.1 Å². The van der Waals surface area contributed by atoms with Crippen LogP contribution in [0.2, 0.25) is 0 Å². The standard InChI is InChI=1S/C15H18BrN3O/c1-4-19-9-14(11(3)18-19)10(2)17-15(20)12-6-5-7-13(16)8-12/h5-10H,4H2,1-3H3,(H,17,20). The van der Waals surface area contributed by atoms with E-state index in [-0.39, 0.29) is 11.9 Å². The van der Waals surface area contributed by atoms with E-state index in [9.17, 15) is 4.79 Å². The highest BCUT2D eigenvalue weighted by Crippen LogP contribution is 2.17. The van der Waals surface area contributed by atoms with Gasteiger partial charge in [-0.3, -0.25) is 9.48 Å². The zero-order valence-electron chi connectivity index (χ0n) is 11.9. The maximum absolute atomic E-state index is 12.2. The first-order chi connectivity index (χ1) is 9.51. The average molecular weight is 336 g/mol. The van der Waals surface area contributed by atoms with Crippen molar-refractivity contribution in [2.75, 3.05) is 0 Å². The van der Waals surface area contributed by atoms with E-state index < -0.39 is 0 Å². The smallest absolute Gasteiger partial charge is 0.251 e. The Hall–Kier alpha value is -1.62. The Labute approximate surface area is 127 Å². The summed E-state index contributed by atoms with van der Waals surface area (Å²) in [6, 6.07) is 7.29. The number of halogens is 1. The Bertz CT molecular complexity index is 621. The van der Waals surface area contributed by atoms with E-state index in [1.165, 1.54) is 0 Å². The van der Waals surface area contributed by atoms with E-state index in [1.54, 1.807) is 6.07 Å². The first-order valence-corrected chi connectivity index (χ1v) is 7.41. The summed E-state index contributed by atoms with van der Waals surface area (Å²) in [5.74, 6) is -0.0811. The third-order valence-corrected chi connectivity index (χ3v) is 3.70. The fourth-order valence-corrected chi connectivity index (χ4v) is 2.51. The van der Waals surface area contributed by atoms with Crippen molar-refractivity contribution >= 4 is 21.8 Å². The van der Waals surface area contributed by atoms with Crippen LogP contribution >= 0.6 is 15.9 Å². The van der Waals surface area contributed by atoms with E-state index in [2.05, 4.69) is 26.3 Å². The number of carbonyl (C=O) groups excluding carboxylic acids is 1. The van der Waals surface area contributed by atoms with Crippen LogP contribution in [0, 0.1) is 6.92 Å². The van der Waals surface area contributed by atoms with Crippen LogP contribution in [0.3, 0.4) is 0 Å². The van der Waals surface area contributed by atoms with Crippen molar-refractivity contribution in [2.45, 2.75) is 33.4 Å². The van der Waals surface area contributed by atoms with Crippen LogP contribution in [-0.2, 0) is 6.54 Å². The van der Waals surface area contributed by atoms with Crippen LogP contribution in [0.15, 0.2) is 34.9 Å². The number of benzene rings is 1. The van der Waals surface area contributed by atoms with E-state index in [0.29, 0.717) is 5.56 Å². The number of hydrogen-bond donors (Lipinski definition) is 1. The summed E-state index contributed by atoms with van der Waals surface area (Å²) in [6.07, 6.45) is 1.99. The Balaban J connectivity index is 2.12. The van der Waals surface area contributed by atoms with Crippen LogP contribution in [-0.4, -0.2) is 15.7 Å². The zero-order valence-corrected chi connectivity index (χ0v) is 13.4. The van der Waals surface area contributed by atoms with Gasteiger partial charge in [0.2, 0.25) is 0 Å². The van der Waals surface area contributed by atoms with Gasteiger partial charge in [0.25, 0.3) is 5.91 Å². The summed E-state index contributed by atoms with van der Waals surface area (Å²) in [7, 11) is 0. The van der Waals surface area contributed by atoms with E-state index >= 15 is 0 Å². The molecular formula is C15H18BrN3O. The van der Waals surface area contributed by atoms with Gasteiger partial charge in [-0.05, 0) is 39.0 Å². The second kappa shape index (κ2) is 6.22. The molecule has 5 heteroatoms. The molecular weight excluding hydrogens is 318 g/mol. The minimum absolute atomic E-state index is 0.0678. The highest BCUT2D eigenvalue weighted by atomic mass is 79.9. The molecule has 1 N–H and O–H groups in total. The maximum Gasteiger partial charge on any atom is 0.251 e. The largest absolute Gasteiger partial charge is 0.345 e. The molecule has 106 valence electrons. The predicted molar refractivity (Wildman–Crippen MR) is 82.7 cm³/mol. The van der Waals surface area contributed by atoms with Gasteiger partial charge in [0.05, 0.1) is 11.7 Å². The van der Waals surface area contributed by atoms with Crippen molar-refractivity contribution in [3.05, 3.63) is 51.8 Å². The predicted octanol–water partition coefficient (Wildman–Crippen LogP) is 3.46. The first kappa shape index (κ1) is 14.8. The average Bonchev–Trinajstić information content (AvgIpc) is 2.80. The molecule has 0 radical (unpaired) electrons. The molecule has 0 saturated carbocycles. The fraction of sp³-hybridized carbons (Fsp3) is 0.333. The molecule has 1 atom stereocenters. The normalized spacial score (nSPS) is 12.2. The first-order valence-electron chi connectivity index (χ1n) is 6.61. The number of carbonyl (C=O) groups is 1. The van der Waals surface area contributed by atoms with E-state index in [0.717, 1.165) is 22.3 Å². The lowest BCUT2D eigenvalue weighted by molar-refractivity contribution is 0.0940. The van der Waals surface area contributed by atoms with E-state index in [4.69, 9.17) is 0 Å². The number of rotatable bonds is 4. The van der Waals surface area contributed by atoms with Crippen LogP contribution < -0.4 is 5.32 Å². The van der Waals surface area contributed by atoms with Crippen molar-refractivity contribution in [2.24, 2.45) is 0 Å². The molecule has 1 amide bonds. The van der Waals surface area contributed by atoms with Gasteiger partial charge in [-0.15, -0.1) is 0 Å². The number of hydrogen-bond acceptors (Lipinski definition) is 2. The van der Waals surface area contributed by atoms with Crippen LogP contribution in [0.25, 0.3) is 0 Å². The van der Waals surface area contributed by atoms with Gasteiger partial charge < -0.3 is 5.32 Å². The van der Waals surface area contributed by atoms with Gasteiger partial charge in [-0.25, -0.2) is 0 Å². The molecule has 1 aromatic carbocycles. The van der Waals surface area contributed by atoms with Gasteiger partial charge in [-0.1, -0.05) is 22.0 Å². The number of nitrogens with one attached hydrogen (secondary N) is 1. The molecule has 4 nitrogen and oxygen atoms in total. The van der Waals surface area contributed by atoms with Crippen molar-refractivity contribution < 1.29 is 4.79 Å². The molecule has 1 unspecified atom stereocenters. The quantitative estimate of drug-likeness (QED) is 0.929. The van der Waals surface area contributed by atoms with Crippen LogP contribution in [0.1, 0.15) is 41.5 Å². The van der Waals surface area contributed by atoms with Crippen molar-refractivity contribution in [1.29, 1.82) is 0 Å². The number of amides is 1. The molecule has 0 saturated heterocycles. The van der Waals surface area contributed by atoms with Gasteiger partial charge in [0.15, 0.2) is 0 Å². The molecule has 1 aromatic heterocycles. The lowest BCUT2D eigenvalue weighted by atomic mass is 10.1. The summed E-state index contributed by atoms with van der Waals surface area (Å²) in [6.45, 7) is 6.80. The molecule has 0 fully saturated rings. The maximum atomic E-state index is 12.2. The van der Waals surface area contributed by atoms with Crippen molar-refractivity contribution in [3.8, 4) is 0 Å². The monoisotopic (exact) mass is 335 g/mol. The Kier molecular flexibility index (Phi) is 4.60. The van der Waals surface area contributed by atoms with Gasteiger partial charge in [0, 0.05) is 28.3 Å². The van der Waals surface area contributed by atoms with Gasteiger partial charge >= 0.3 is 0 Å². The number of aromatic nitrogens is 2. The summed E-state index contributed by atoms with van der Waals surface area (Å²) in [4.78, 5) is 12.2. The lowest BCUT2D eigenvalue weighted by Crippen LogP contribution is -2.26. The molecule has 0 bridgehead atoms. The summed E-state index contributed by atoms with van der Waals surface area (Å²) < 4.78 is 2.78. The summed E-state index contributed by atoms with van der Waals surface area (Å²) >= 11 is 3.37. The van der Waals surface area contributed by atoms with E-state index in [1.807, 2.05) is 49.8 Å².